The van der Waals surface area contributed by atoms with Crippen molar-refractivity contribution in [3.05, 3.63) is 53.7 Å². The molecule has 0 spiro atoms. The summed E-state index contributed by atoms with van der Waals surface area (Å²) < 4.78 is 7.77. The number of hydrogen-bond donors (Lipinski definition) is 1. The number of ether oxygens (including phenoxy) is 1. The number of aromatic nitrogens is 4. The number of aryl methyl sites for hydroxylation is 2. The fraction of sp³-hybridized carbons (Fsp3) is 0.400. The Balaban J connectivity index is 1.37. The summed E-state index contributed by atoms with van der Waals surface area (Å²) in [5.41, 5.74) is 3.31. The molecule has 3 aromatic heterocycles. The van der Waals surface area contributed by atoms with Gasteiger partial charge in [-0.2, -0.15) is 0 Å². The maximum absolute atomic E-state index is 12.8. The first-order chi connectivity index (χ1) is 13.1. The molecule has 1 saturated carbocycles. The molecule has 140 valence electrons. The molecule has 0 radical (unpaired) electrons. The number of carbonyl (C=O) groups excluding carboxylic acids is 1. The van der Waals surface area contributed by atoms with Crippen LogP contribution in [0.15, 0.2) is 36.8 Å². The van der Waals surface area contributed by atoms with Crippen LogP contribution in [0.2, 0.25) is 0 Å². The second-order valence-electron chi connectivity index (χ2n) is 7.06. The Morgan fingerprint density at radius 1 is 1.19 bits per heavy atom. The van der Waals surface area contributed by atoms with Crippen molar-refractivity contribution in [2.24, 2.45) is 0 Å². The van der Waals surface area contributed by atoms with E-state index in [1.807, 2.05) is 36.6 Å². The predicted octanol–water partition coefficient (Wildman–Crippen LogP) is 2.86. The molecule has 3 heterocycles. The van der Waals surface area contributed by atoms with Crippen LogP contribution in [0, 0.1) is 13.8 Å². The number of hydrogen-bond acceptors (Lipinski definition) is 5. The Hall–Kier alpha value is -2.96. The molecular formula is C20H23N5O2. The molecule has 0 saturated heterocycles. The van der Waals surface area contributed by atoms with Gasteiger partial charge in [0.05, 0.1) is 5.56 Å². The monoisotopic (exact) mass is 365 g/mol. The summed E-state index contributed by atoms with van der Waals surface area (Å²) in [6, 6.07) is 6.18. The van der Waals surface area contributed by atoms with Gasteiger partial charge in [-0.05, 0) is 57.7 Å². The Morgan fingerprint density at radius 2 is 1.93 bits per heavy atom. The second kappa shape index (κ2) is 7.34. The van der Waals surface area contributed by atoms with E-state index in [2.05, 4.69) is 20.3 Å². The third-order valence-electron chi connectivity index (χ3n) is 5.01. The minimum absolute atomic E-state index is 0.0641. The lowest BCUT2D eigenvalue weighted by atomic mass is 9.93. The van der Waals surface area contributed by atoms with Gasteiger partial charge in [-0.25, -0.2) is 15.0 Å². The minimum Gasteiger partial charge on any atom is -0.460 e. The predicted molar refractivity (Wildman–Crippen MR) is 101 cm³/mol. The molecule has 0 unspecified atom stereocenters. The summed E-state index contributed by atoms with van der Waals surface area (Å²) in [6.07, 6.45) is 8.84. The van der Waals surface area contributed by atoms with Gasteiger partial charge < -0.3 is 14.5 Å². The first kappa shape index (κ1) is 17.5. The molecule has 0 aliphatic heterocycles. The summed E-state index contributed by atoms with van der Waals surface area (Å²) in [5, 5.41) is 3.16. The van der Waals surface area contributed by atoms with Crippen molar-refractivity contribution >= 4 is 11.6 Å². The normalized spacial score (nSPS) is 19.8. The van der Waals surface area contributed by atoms with E-state index in [4.69, 9.17) is 4.74 Å². The molecule has 0 atom stereocenters. The maximum Gasteiger partial charge on any atom is 0.316 e. The van der Waals surface area contributed by atoms with Crippen LogP contribution in [0.1, 0.15) is 47.4 Å². The van der Waals surface area contributed by atoms with Gasteiger partial charge >= 0.3 is 6.01 Å². The molecule has 1 fully saturated rings. The molecule has 7 heteroatoms. The minimum atomic E-state index is -0.0641. The van der Waals surface area contributed by atoms with Crippen LogP contribution < -0.4 is 10.1 Å². The van der Waals surface area contributed by atoms with Crippen LogP contribution in [-0.2, 0) is 0 Å². The summed E-state index contributed by atoms with van der Waals surface area (Å²) in [5.74, 6) is -0.0641. The molecule has 7 nitrogen and oxygen atoms in total. The van der Waals surface area contributed by atoms with Crippen molar-refractivity contribution in [1.29, 1.82) is 0 Å². The smallest absolute Gasteiger partial charge is 0.316 e. The fourth-order valence-electron chi connectivity index (χ4n) is 3.65. The second-order valence-corrected chi connectivity index (χ2v) is 7.06. The van der Waals surface area contributed by atoms with Crippen molar-refractivity contribution in [2.75, 3.05) is 0 Å². The van der Waals surface area contributed by atoms with Gasteiger partial charge in [0, 0.05) is 36.0 Å². The summed E-state index contributed by atoms with van der Waals surface area (Å²) >= 11 is 0. The topological polar surface area (TPSA) is 81.4 Å². The van der Waals surface area contributed by atoms with Gasteiger partial charge in [0.15, 0.2) is 0 Å². The van der Waals surface area contributed by atoms with E-state index in [-0.39, 0.29) is 18.1 Å². The lowest BCUT2D eigenvalue weighted by molar-refractivity contribution is 0.0886. The summed E-state index contributed by atoms with van der Waals surface area (Å²) in [6.45, 7) is 3.96. The van der Waals surface area contributed by atoms with Gasteiger partial charge in [0.2, 0.25) is 0 Å². The molecule has 1 N–H and O–H groups in total. The number of nitrogens with one attached hydrogen (secondary N) is 1. The van der Waals surface area contributed by atoms with E-state index in [1.165, 1.54) is 0 Å². The van der Waals surface area contributed by atoms with Crippen LogP contribution in [0.4, 0.5) is 0 Å². The van der Waals surface area contributed by atoms with Gasteiger partial charge in [0.25, 0.3) is 5.91 Å². The van der Waals surface area contributed by atoms with Crippen molar-refractivity contribution in [3.63, 3.8) is 0 Å². The molecular weight excluding hydrogens is 342 g/mol. The molecule has 1 aliphatic rings. The van der Waals surface area contributed by atoms with E-state index < -0.39 is 0 Å². The number of amides is 1. The Bertz CT molecular complexity index is 946. The maximum atomic E-state index is 12.8. The molecule has 27 heavy (non-hydrogen) atoms. The van der Waals surface area contributed by atoms with Crippen LogP contribution in [0.3, 0.4) is 0 Å². The quantitative estimate of drug-likeness (QED) is 0.769. The Kier molecular flexibility index (Phi) is 4.75. The third kappa shape index (κ3) is 3.77. The van der Waals surface area contributed by atoms with E-state index in [9.17, 15) is 4.79 Å². The highest BCUT2D eigenvalue weighted by atomic mass is 16.5. The zero-order valence-corrected chi connectivity index (χ0v) is 15.6. The number of fused-ring (bicyclic) bond motifs is 1. The zero-order chi connectivity index (χ0) is 18.8. The van der Waals surface area contributed by atoms with Crippen molar-refractivity contribution in [1.82, 2.24) is 24.7 Å². The van der Waals surface area contributed by atoms with Crippen LogP contribution in [0.5, 0.6) is 6.01 Å². The first-order valence-corrected chi connectivity index (χ1v) is 9.30. The average molecular weight is 365 g/mol. The van der Waals surface area contributed by atoms with E-state index in [0.29, 0.717) is 17.2 Å². The van der Waals surface area contributed by atoms with Gasteiger partial charge in [-0.1, -0.05) is 0 Å². The van der Waals surface area contributed by atoms with Crippen molar-refractivity contribution in [3.8, 4) is 6.01 Å². The lowest BCUT2D eigenvalue weighted by Gasteiger charge is -2.28. The van der Waals surface area contributed by atoms with E-state index in [0.717, 1.165) is 37.1 Å². The van der Waals surface area contributed by atoms with Gasteiger partial charge in [0.1, 0.15) is 11.8 Å². The summed E-state index contributed by atoms with van der Waals surface area (Å²) in [7, 11) is 0. The van der Waals surface area contributed by atoms with Crippen LogP contribution in [-0.4, -0.2) is 37.4 Å². The van der Waals surface area contributed by atoms with E-state index in [1.54, 1.807) is 18.5 Å². The third-order valence-corrected chi connectivity index (χ3v) is 5.01. The number of rotatable bonds is 4. The van der Waals surface area contributed by atoms with Crippen molar-refractivity contribution < 1.29 is 9.53 Å². The SMILES string of the molecule is Cc1cc(C)n2ccc(C(=O)N[C@H]3CC[C@H](Oc4ncccn4)CC3)c2n1. The van der Waals surface area contributed by atoms with Crippen LogP contribution >= 0.6 is 0 Å². The highest BCUT2D eigenvalue weighted by Crippen LogP contribution is 2.23. The van der Waals surface area contributed by atoms with Gasteiger partial charge in [-0.3, -0.25) is 4.79 Å². The average Bonchev–Trinajstić information content (AvgIpc) is 3.08. The standard InChI is InChI=1S/C20H23N5O2/c1-13-12-14(2)25-11-8-17(18(25)23-13)19(26)24-15-4-6-16(7-5-15)27-20-21-9-3-10-22-20/h3,8-12,15-16H,4-7H2,1-2H3,(H,24,26)/t15-,16-. The summed E-state index contributed by atoms with van der Waals surface area (Å²) in [4.78, 5) is 25.5. The Labute approximate surface area is 157 Å². The molecule has 1 aliphatic carbocycles. The van der Waals surface area contributed by atoms with E-state index >= 15 is 0 Å². The molecule has 1 amide bonds. The molecule has 3 aromatic rings. The molecule has 0 aromatic carbocycles. The zero-order valence-electron chi connectivity index (χ0n) is 15.6. The highest BCUT2D eigenvalue weighted by molar-refractivity contribution is 6.00. The molecule has 0 bridgehead atoms. The first-order valence-electron chi connectivity index (χ1n) is 9.30. The fourth-order valence-corrected chi connectivity index (χ4v) is 3.65. The van der Waals surface area contributed by atoms with Gasteiger partial charge in [-0.15, -0.1) is 0 Å². The number of carbonyl (C=O) groups is 1. The highest BCUT2D eigenvalue weighted by Gasteiger charge is 2.25. The Morgan fingerprint density at radius 3 is 2.67 bits per heavy atom. The molecule has 4 rings (SSSR count). The number of nitrogens with zero attached hydrogens (tertiary/aromatic N) is 4. The lowest BCUT2D eigenvalue weighted by Crippen LogP contribution is -2.39. The largest absolute Gasteiger partial charge is 0.460 e. The van der Waals surface area contributed by atoms with Crippen LogP contribution in [0.25, 0.3) is 5.65 Å². The van der Waals surface area contributed by atoms with Crippen molar-refractivity contribution in [2.45, 2.75) is 51.7 Å².